The number of sulfonamides is 1. The highest BCUT2D eigenvalue weighted by Crippen LogP contribution is 2.16. The van der Waals surface area contributed by atoms with Gasteiger partial charge in [0.2, 0.25) is 10.0 Å². The van der Waals surface area contributed by atoms with Crippen LogP contribution in [0.5, 0.6) is 0 Å². The molecule has 0 bridgehead atoms. The van der Waals surface area contributed by atoms with Gasteiger partial charge in [-0.1, -0.05) is 12.1 Å². The molecule has 0 amide bonds. The van der Waals surface area contributed by atoms with Crippen LogP contribution in [0.4, 0.5) is 0 Å². The highest BCUT2D eigenvalue weighted by Gasteiger charge is 2.23. The van der Waals surface area contributed by atoms with Gasteiger partial charge in [-0.3, -0.25) is 0 Å². The Morgan fingerprint density at radius 3 is 2.37 bits per heavy atom. The van der Waals surface area contributed by atoms with Crippen LogP contribution in [0.1, 0.15) is 5.56 Å². The zero-order valence-electron chi connectivity index (χ0n) is 10.9. The number of hydrogen-bond donors (Lipinski definition) is 2. The molecule has 0 radical (unpaired) electrons. The molecule has 0 aliphatic carbocycles. The maximum Gasteiger partial charge on any atom is 0.243 e. The van der Waals surface area contributed by atoms with Gasteiger partial charge in [0, 0.05) is 26.7 Å². The Morgan fingerprint density at radius 1 is 1.26 bits per heavy atom. The van der Waals surface area contributed by atoms with Crippen LogP contribution in [-0.4, -0.2) is 51.2 Å². The van der Waals surface area contributed by atoms with Gasteiger partial charge < -0.3 is 15.6 Å². The molecule has 0 saturated heterocycles. The Morgan fingerprint density at radius 2 is 1.89 bits per heavy atom. The Kier molecular flexibility index (Phi) is 6.40. The van der Waals surface area contributed by atoms with Crippen LogP contribution in [-0.2, 0) is 21.3 Å². The third-order valence-corrected chi connectivity index (χ3v) is 4.60. The van der Waals surface area contributed by atoms with Crippen LogP contribution in [0, 0.1) is 0 Å². The number of methoxy groups -OCH3 is 1. The van der Waals surface area contributed by atoms with Gasteiger partial charge in [-0.05, 0) is 17.7 Å². The lowest BCUT2D eigenvalue weighted by Gasteiger charge is -2.21. The Hall–Kier alpha value is -0.990. The van der Waals surface area contributed by atoms with Crippen molar-refractivity contribution in [3.8, 4) is 0 Å². The van der Waals surface area contributed by atoms with Gasteiger partial charge >= 0.3 is 0 Å². The first-order valence-electron chi connectivity index (χ1n) is 5.95. The van der Waals surface area contributed by atoms with Crippen LogP contribution in [0.15, 0.2) is 29.2 Å². The Bertz CT molecular complexity index is 473. The molecule has 1 rings (SSSR count). The normalized spacial score (nSPS) is 12.0. The molecule has 0 saturated carbocycles. The number of aliphatic hydroxyl groups excluding tert-OH is 1. The second kappa shape index (κ2) is 7.56. The van der Waals surface area contributed by atoms with Crippen LogP contribution >= 0.6 is 0 Å². The number of ether oxygens (including phenoxy) is 1. The van der Waals surface area contributed by atoms with E-state index in [0.717, 1.165) is 5.56 Å². The number of nitrogens with two attached hydrogens (primary N) is 1. The molecule has 6 nitrogen and oxygen atoms in total. The minimum atomic E-state index is -3.61. The highest BCUT2D eigenvalue weighted by atomic mass is 32.2. The fraction of sp³-hybridized carbons (Fsp3) is 0.500. The monoisotopic (exact) mass is 288 g/mol. The molecule has 0 atom stereocenters. The van der Waals surface area contributed by atoms with E-state index in [9.17, 15) is 8.42 Å². The van der Waals surface area contributed by atoms with Crippen molar-refractivity contribution in [2.45, 2.75) is 11.4 Å². The number of rotatable bonds is 8. The molecule has 19 heavy (non-hydrogen) atoms. The zero-order chi connectivity index (χ0) is 14.3. The molecule has 0 aromatic heterocycles. The van der Waals surface area contributed by atoms with Gasteiger partial charge in [-0.2, -0.15) is 4.31 Å². The average molecular weight is 288 g/mol. The fourth-order valence-electron chi connectivity index (χ4n) is 1.60. The van der Waals surface area contributed by atoms with Crippen LogP contribution in [0.2, 0.25) is 0 Å². The number of hydrogen-bond acceptors (Lipinski definition) is 5. The van der Waals surface area contributed by atoms with Crippen molar-refractivity contribution in [1.29, 1.82) is 0 Å². The second-order valence-electron chi connectivity index (χ2n) is 3.97. The molecule has 1 aromatic carbocycles. The number of aliphatic hydroxyl groups is 1. The minimum Gasteiger partial charge on any atom is -0.395 e. The highest BCUT2D eigenvalue weighted by molar-refractivity contribution is 7.89. The van der Waals surface area contributed by atoms with Gasteiger partial charge in [0.25, 0.3) is 0 Å². The summed E-state index contributed by atoms with van der Waals surface area (Å²) in [4.78, 5) is 0.189. The van der Waals surface area contributed by atoms with Gasteiger partial charge in [0.15, 0.2) is 0 Å². The van der Waals surface area contributed by atoms with E-state index in [1.54, 1.807) is 12.1 Å². The SMILES string of the molecule is COCCN(CCO)S(=O)(=O)c1ccc(CN)cc1. The summed E-state index contributed by atoms with van der Waals surface area (Å²) < 4.78 is 30.8. The second-order valence-corrected chi connectivity index (χ2v) is 5.91. The van der Waals surface area contributed by atoms with Gasteiger partial charge in [0.1, 0.15) is 0 Å². The summed E-state index contributed by atoms with van der Waals surface area (Å²) in [6, 6.07) is 6.41. The predicted octanol–water partition coefficient (Wildman–Crippen LogP) is -0.225. The van der Waals surface area contributed by atoms with E-state index in [0.29, 0.717) is 6.54 Å². The van der Waals surface area contributed by atoms with Crippen molar-refractivity contribution in [2.24, 2.45) is 5.73 Å². The third kappa shape index (κ3) is 4.26. The van der Waals surface area contributed by atoms with Crippen molar-refractivity contribution in [3.05, 3.63) is 29.8 Å². The quantitative estimate of drug-likeness (QED) is 0.689. The summed E-state index contributed by atoms with van der Waals surface area (Å²) in [6.45, 7) is 0.663. The average Bonchev–Trinajstić information content (AvgIpc) is 2.43. The molecule has 0 aliphatic heterocycles. The molecular weight excluding hydrogens is 268 g/mol. The first-order chi connectivity index (χ1) is 9.06. The van der Waals surface area contributed by atoms with E-state index < -0.39 is 10.0 Å². The van der Waals surface area contributed by atoms with E-state index >= 15 is 0 Å². The molecule has 108 valence electrons. The molecule has 1 aromatic rings. The summed E-state index contributed by atoms with van der Waals surface area (Å²) >= 11 is 0. The van der Waals surface area contributed by atoms with E-state index in [1.807, 2.05) is 0 Å². The maximum absolute atomic E-state index is 12.4. The van der Waals surface area contributed by atoms with E-state index in [-0.39, 0.29) is 31.2 Å². The Balaban J connectivity index is 2.96. The lowest BCUT2D eigenvalue weighted by molar-refractivity contribution is 0.168. The third-order valence-electron chi connectivity index (χ3n) is 2.69. The molecule has 0 unspecified atom stereocenters. The lowest BCUT2D eigenvalue weighted by Crippen LogP contribution is -2.36. The zero-order valence-corrected chi connectivity index (χ0v) is 11.8. The smallest absolute Gasteiger partial charge is 0.243 e. The summed E-state index contributed by atoms with van der Waals surface area (Å²) in [5, 5.41) is 8.96. The topological polar surface area (TPSA) is 92.9 Å². The van der Waals surface area contributed by atoms with E-state index in [2.05, 4.69) is 0 Å². The first kappa shape index (κ1) is 16.1. The van der Waals surface area contributed by atoms with Crippen molar-refractivity contribution in [3.63, 3.8) is 0 Å². The maximum atomic E-state index is 12.4. The van der Waals surface area contributed by atoms with Crippen molar-refractivity contribution >= 4 is 10.0 Å². The molecule has 0 fully saturated rings. The molecule has 0 heterocycles. The summed E-state index contributed by atoms with van der Waals surface area (Å²) in [5.74, 6) is 0. The van der Waals surface area contributed by atoms with Crippen LogP contribution < -0.4 is 5.73 Å². The number of benzene rings is 1. The first-order valence-corrected chi connectivity index (χ1v) is 7.39. The molecule has 0 aliphatic rings. The summed E-state index contributed by atoms with van der Waals surface area (Å²) in [7, 11) is -2.11. The standard InChI is InChI=1S/C12H20N2O4S/c1-18-9-7-14(6-8-15)19(16,17)12-4-2-11(10-13)3-5-12/h2-5,15H,6-10,13H2,1H3. The Labute approximate surface area is 113 Å². The van der Waals surface area contributed by atoms with Crippen LogP contribution in [0.25, 0.3) is 0 Å². The minimum absolute atomic E-state index is 0.0460. The summed E-state index contributed by atoms with van der Waals surface area (Å²) in [6.07, 6.45) is 0. The largest absolute Gasteiger partial charge is 0.395 e. The molecule has 3 N–H and O–H groups in total. The number of nitrogens with zero attached hydrogens (tertiary/aromatic N) is 1. The molecule has 7 heteroatoms. The predicted molar refractivity (Wildman–Crippen MR) is 72.1 cm³/mol. The van der Waals surface area contributed by atoms with E-state index in [1.165, 1.54) is 23.5 Å². The van der Waals surface area contributed by atoms with Gasteiger partial charge in [-0.15, -0.1) is 0 Å². The molecular formula is C12H20N2O4S. The van der Waals surface area contributed by atoms with Crippen LogP contribution in [0.3, 0.4) is 0 Å². The van der Waals surface area contributed by atoms with Crippen molar-refractivity contribution in [2.75, 3.05) is 33.4 Å². The van der Waals surface area contributed by atoms with E-state index in [4.69, 9.17) is 15.6 Å². The van der Waals surface area contributed by atoms with Crippen molar-refractivity contribution < 1.29 is 18.3 Å². The summed E-state index contributed by atoms with van der Waals surface area (Å²) in [5.41, 5.74) is 6.34. The van der Waals surface area contributed by atoms with Crippen molar-refractivity contribution in [1.82, 2.24) is 4.31 Å². The molecule has 0 spiro atoms. The van der Waals surface area contributed by atoms with Gasteiger partial charge in [-0.25, -0.2) is 8.42 Å². The fourth-order valence-corrected chi connectivity index (χ4v) is 3.02. The lowest BCUT2D eigenvalue weighted by atomic mass is 10.2. The van der Waals surface area contributed by atoms with Gasteiger partial charge in [0.05, 0.1) is 18.1 Å².